The van der Waals surface area contributed by atoms with Crippen LogP contribution in [0.2, 0.25) is 0 Å². The number of hydrogen-bond acceptors (Lipinski definition) is 3. The standard InChI is InChI=1S/C10H19N3O2/c1-8(5-11-2)6-13-7-9(14)12-4-3-10(13)15/h8,11H,3-7H2,1-2H3,(H,12,14). The molecule has 0 saturated carbocycles. The predicted octanol–water partition coefficient (Wildman–Crippen LogP) is -0.810. The molecular weight excluding hydrogens is 194 g/mol. The van der Waals surface area contributed by atoms with E-state index >= 15 is 0 Å². The van der Waals surface area contributed by atoms with Crippen molar-refractivity contribution in [1.82, 2.24) is 15.5 Å². The first-order chi connectivity index (χ1) is 7.13. The Balaban J connectivity index is 2.49. The van der Waals surface area contributed by atoms with E-state index in [9.17, 15) is 9.59 Å². The third-order valence-electron chi connectivity index (χ3n) is 2.43. The van der Waals surface area contributed by atoms with Crippen LogP contribution in [0.1, 0.15) is 13.3 Å². The highest BCUT2D eigenvalue weighted by Crippen LogP contribution is 2.03. The molecule has 1 aliphatic heterocycles. The number of carbonyl (C=O) groups excluding carboxylic acids is 2. The van der Waals surface area contributed by atoms with E-state index in [0.29, 0.717) is 25.4 Å². The molecule has 1 heterocycles. The summed E-state index contributed by atoms with van der Waals surface area (Å²) in [6.45, 7) is 4.23. The molecular formula is C10H19N3O2. The fourth-order valence-electron chi connectivity index (χ4n) is 1.74. The van der Waals surface area contributed by atoms with Crippen LogP contribution < -0.4 is 10.6 Å². The van der Waals surface area contributed by atoms with Gasteiger partial charge in [0.2, 0.25) is 11.8 Å². The van der Waals surface area contributed by atoms with Crippen LogP contribution in [0.15, 0.2) is 0 Å². The SMILES string of the molecule is CNCC(C)CN1CC(=O)NCCC1=O. The Kier molecular flexibility index (Phi) is 4.55. The van der Waals surface area contributed by atoms with Crippen LogP contribution in [0.25, 0.3) is 0 Å². The molecule has 0 aromatic carbocycles. The van der Waals surface area contributed by atoms with E-state index in [1.165, 1.54) is 0 Å². The molecule has 0 radical (unpaired) electrons. The van der Waals surface area contributed by atoms with Gasteiger partial charge in [0, 0.05) is 19.5 Å². The number of amides is 2. The molecule has 2 N–H and O–H groups in total. The van der Waals surface area contributed by atoms with E-state index in [-0.39, 0.29) is 18.4 Å². The Morgan fingerprint density at radius 2 is 2.27 bits per heavy atom. The molecule has 1 fully saturated rings. The number of nitrogens with zero attached hydrogens (tertiary/aromatic N) is 1. The predicted molar refractivity (Wildman–Crippen MR) is 57.3 cm³/mol. The van der Waals surface area contributed by atoms with E-state index in [1.807, 2.05) is 7.05 Å². The lowest BCUT2D eigenvalue weighted by atomic mass is 10.1. The number of carbonyl (C=O) groups is 2. The molecule has 1 unspecified atom stereocenters. The van der Waals surface area contributed by atoms with E-state index in [2.05, 4.69) is 17.6 Å². The van der Waals surface area contributed by atoms with Crippen LogP contribution in [0.5, 0.6) is 0 Å². The second-order valence-corrected chi connectivity index (χ2v) is 4.04. The Labute approximate surface area is 90.2 Å². The first-order valence-corrected chi connectivity index (χ1v) is 5.32. The zero-order chi connectivity index (χ0) is 11.3. The first kappa shape index (κ1) is 12.0. The lowest BCUT2D eigenvalue weighted by molar-refractivity contribution is -0.134. The average molecular weight is 213 g/mol. The van der Waals surface area contributed by atoms with Crippen molar-refractivity contribution in [3.8, 4) is 0 Å². The van der Waals surface area contributed by atoms with Gasteiger partial charge in [0.1, 0.15) is 0 Å². The van der Waals surface area contributed by atoms with Crippen LogP contribution in [0.3, 0.4) is 0 Å². The zero-order valence-electron chi connectivity index (χ0n) is 9.38. The Bertz CT molecular complexity index is 243. The third kappa shape index (κ3) is 3.87. The van der Waals surface area contributed by atoms with E-state index in [4.69, 9.17) is 0 Å². The summed E-state index contributed by atoms with van der Waals surface area (Å²) in [4.78, 5) is 24.5. The van der Waals surface area contributed by atoms with Crippen molar-refractivity contribution in [3.05, 3.63) is 0 Å². The first-order valence-electron chi connectivity index (χ1n) is 5.32. The summed E-state index contributed by atoms with van der Waals surface area (Å²) in [6.07, 6.45) is 0.415. The molecule has 0 spiro atoms. The second-order valence-electron chi connectivity index (χ2n) is 4.04. The molecule has 0 aromatic heterocycles. The van der Waals surface area contributed by atoms with Crippen molar-refractivity contribution in [2.45, 2.75) is 13.3 Å². The summed E-state index contributed by atoms with van der Waals surface area (Å²) >= 11 is 0. The lowest BCUT2D eigenvalue weighted by Gasteiger charge is -2.23. The highest BCUT2D eigenvalue weighted by molar-refractivity contribution is 5.87. The van der Waals surface area contributed by atoms with Gasteiger partial charge in [0.05, 0.1) is 6.54 Å². The highest BCUT2D eigenvalue weighted by atomic mass is 16.2. The van der Waals surface area contributed by atoms with Gasteiger partial charge in [-0.15, -0.1) is 0 Å². The number of rotatable bonds is 4. The molecule has 86 valence electrons. The Morgan fingerprint density at radius 1 is 1.53 bits per heavy atom. The minimum absolute atomic E-state index is 0.0579. The quantitative estimate of drug-likeness (QED) is 0.642. The van der Waals surface area contributed by atoms with Gasteiger partial charge in [-0.25, -0.2) is 0 Å². The third-order valence-corrected chi connectivity index (χ3v) is 2.43. The zero-order valence-corrected chi connectivity index (χ0v) is 9.38. The van der Waals surface area contributed by atoms with Gasteiger partial charge in [0.15, 0.2) is 0 Å². The van der Waals surface area contributed by atoms with Crippen molar-refractivity contribution >= 4 is 11.8 Å². The molecule has 1 atom stereocenters. The van der Waals surface area contributed by atoms with Gasteiger partial charge in [-0.1, -0.05) is 6.92 Å². The van der Waals surface area contributed by atoms with Crippen LogP contribution >= 0.6 is 0 Å². The van der Waals surface area contributed by atoms with Gasteiger partial charge >= 0.3 is 0 Å². The smallest absolute Gasteiger partial charge is 0.239 e. The van der Waals surface area contributed by atoms with Crippen molar-refractivity contribution in [2.75, 3.05) is 33.2 Å². The summed E-state index contributed by atoms with van der Waals surface area (Å²) in [5.41, 5.74) is 0. The molecule has 1 aliphatic rings. The summed E-state index contributed by atoms with van der Waals surface area (Å²) in [7, 11) is 1.88. The average Bonchev–Trinajstić information content (AvgIpc) is 2.30. The molecule has 1 saturated heterocycles. The van der Waals surface area contributed by atoms with Crippen LogP contribution in [-0.2, 0) is 9.59 Å². The molecule has 5 nitrogen and oxygen atoms in total. The summed E-state index contributed by atoms with van der Waals surface area (Å²) in [5.74, 6) is 0.374. The van der Waals surface area contributed by atoms with Crippen molar-refractivity contribution < 1.29 is 9.59 Å². The topological polar surface area (TPSA) is 61.4 Å². The molecule has 2 amide bonds. The van der Waals surface area contributed by atoms with Gasteiger partial charge in [-0.2, -0.15) is 0 Å². The van der Waals surface area contributed by atoms with Crippen LogP contribution in [-0.4, -0.2) is 49.9 Å². The maximum absolute atomic E-state index is 11.6. The molecule has 0 aromatic rings. The van der Waals surface area contributed by atoms with Crippen molar-refractivity contribution in [3.63, 3.8) is 0 Å². The minimum Gasteiger partial charge on any atom is -0.354 e. The molecule has 1 rings (SSSR count). The normalized spacial score (nSPS) is 19.7. The van der Waals surface area contributed by atoms with Crippen LogP contribution in [0.4, 0.5) is 0 Å². The van der Waals surface area contributed by atoms with Gasteiger partial charge in [0.25, 0.3) is 0 Å². The van der Waals surface area contributed by atoms with Crippen molar-refractivity contribution in [2.24, 2.45) is 5.92 Å². The maximum Gasteiger partial charge on any atom is 0.239 e. The molecule has 0 aliphatic carbocycles. The largest absolute Gasteiger partial charge is 0.354 e. The fraction of sp³-hybridized carbons (Fsp3) is 0.800. The van der Waals surface area contributed by atoms with Gasteiger partial charge in [-0.05, 0) is 19.5 Å². The monoisotopic (exact) mass is 213 g/mol. The molecule has 5 heteroatoms. The van der Waals surface area contributed by atoms with E-state index < -0.39 is 0 Å². The van der Waals surface area contributed by atoms with Crippen molar-refractivity contribution in [1.29, 1.82) is 0 Å². The van der Waals surface area contributed by atoms with Gasteiger partial charge in [-0.3, -0.25) is 9.59 Å². The van der Waals surface area contributed by atoms with Crippen LogP contribution in [0, 0.1) is 5.92 Å². The van der Waals surface area contributed by atoms with E-state index in [1.54, 1.807) is 4.90 Å². The second kappa shape index (κ2) is 5.70. The highest BCUT2D eigenvalue weighted by Gasteiger charge is 2.21. The summed E-state index contributed by atoms with van der Waals surface area (Å²) in [5, 5.41) is 5.75. The summed E-state index contributed by atoms with van der Waals surface area (Å²) < 4.78 is 0. The summed E-state index contributed by atoms with van der Waals surface area (Å²) in [6, 6.07) is 0. The number of hydrogen-bond donors (Lipinski definition) is 2. The molecule has 0 bridgehead atoms. The number of nitrogens with one attached hydrogen (secondary N) is 2. The fourth-order valence-corrected chi connectivity index (χ4v) is 1.74. The Hall–Kier alpha value is -1.10. The maximum atomic E-state index is 11.6. The van der Waals surface area contributed by atoms with Gasteiger partial charge < -0.3 is 15.5 Å². The molecule has 15 heavy (non-hydrogen) atoms. The Morgan fingerprint density at radius 3 is 2.93 bits per heavy atom. The van der Waals surface area contributed by atoms with E-state index in [0.717, 1.165) is 6.54 Å². The minimum atomic E-state index is -0.0579. The lowest BCUT2D eigenvalue weighted by Crippen LogP contribution is -2.40.